The van der Waals surface area contributed by atoms with Crippen LogP contribution in [0.3, 0.4) is 0 Å². The summed E-state index contributed by atoms with van der Waals surface area (Å²) in [5, 5.41) is 19.8. The summed E-state index contributed by atoms with van der Waals surface area (Å²) in [7, 11) is 0. The second-order valence-electron chi connectivity index (χ2n) is 3.96. The van der Waals surface area contributed by atoms with Gasteiger partial charge in [0.15, 0.2) is 5.65 Å². The average Bonchev–Trinajstić information content (AvgIpc) is 2.82. The first kappa shape index (κ1) is 11.2. The molecule has 3 aromatic rings. The first-order chi connectivity index (χ1) is 9.24. The zero-order chi connectivity index (χ0) is 13.2. The van der Waals surface area contributed by atoms with Crippen LogP contribution in [0.1, 0.15) is 10.4 Å². The van der Waals surface area contributed by atoms with E-state index in [9.17, 15) is 9.90 Å². The molecular weight excluding hydrogens is 244 g/mol. The van der Waals surface area contributed by atoms with Crippen LogP contribution in [-0.2, 0) is 0 Å². The quantitative estimate of drug-likeness (QED) is 0.729. The van der Waals surface area contributed by atoms with Crippen LogP contribution in [-0.4, -0.2) is 25.6 Å². The molecule has 0 bridgehead atoms. The molecule has 0 saturated heterocycles. The Labute approximate surface area is 108 Å². The summed E-state index contributed by atoms with van der Waals surface area (Å²) >= 11 is 0. The van der Waals surface area contributed by atoms with Gasteiger partial charge in [0, 0.05) is 11.8 Å². The van der Waals surface area contributed by atoms with Gasteiger partial charge in [-0.2, -0.15) is 0 Å². The highest BCUT2D eigenvalue weighted by atomic mass is 16.3. The van der Waals surface area contributed by atoms with E-state index in [1.807, 2.05) is 12.1 Å². The van der Waals surface area contributed by atoms with Crippen molar-refractivity contribution in [1.29, 1.82) is 0 Å². The van der Waals surface area contributed by atoms with Crippen LogP contribution in [0, 0.1) is 0 Å². The molecule has 2 N–H and O–H groups in total. The summed E-state index contributed by atoms with van der Waals surface area (Å²) in [6, 6.07) is 11.6. The number of fused-ring (bicyclic) bond motifs is 1. The molecule has 0 radical (unpaired) electrons. The molecule has 94 valence electrons. The molecule has 0 aliphatic rings. The summed E-state index contributed by atoms with van der Waals surface area (Å²) in [4.78, 5) is 12.0. The van der Waals surface area contributed by atoms with Gasteiger partial charge in [-0.05, 0) is 30.3 Å². The van der Waals surface area contributed by atoms with Gasteiger partial charge >= 0.3 is 0 Å². The fraction of sp³-hybridized carbons (Fsp3) is 0. The summed E-state index contributed by atoms with van der Waals surface area (Å²) in [5.41, 5.74) is 1.00. The molecule has 0 unspecified atom stereocenters. The number of aromatic nitrogens is 3. The van der Waals surface area contributed by atoms with Crippen molar-refractivity contribution in [1.82, 2.24) is 14.6 Å². The number of phenolic OH excluding ortho intramolecular Hbond substituents is 1. The third kappa shape index (κ3) is 2.11. The molecule has 1 amide bonds. The van der Waals surface area contributed by atoms with Gasteiger partial charge in [-0.25, -0.2) is 0 Å². The topological polar surface area (TPSA) is 79.5 Å². The molecule has 0 saturated carbocycles. The van der Waals surface area contributed by atoms with E-state index in [0.29, 0.717) is 17.2 Å². The van der Waals surface area contributed by atoms with E-state index in [2.05, 4.69) is 15.5 Å². The largest absolute Gasteiger partial charge is 0.508 e. The van der Waals surface area contributed by atoms with Gasteiger partial charge in [-0.1, -0.05) is 12.1 Å². The van der Waals surface area contributed by atoms with Crippen molar-refractivity contribution in [3.05, 3.63) is 54.2 Å². The van der Waals surface area contributed by atoms with Crippen molar-refractivity contribution >= 4 is 17.5 Å². The normalized spacial score (nSPS) is 10.5. The maximum atomic E-state index is 12.0. The summed E-state index contributed by atoms with van der Waals surface area (Å²) in [6.07, 6.45) is 1.76. The number of hydrogen-bond acceptors (Lipinski definition) is 4. The van der Waals surface area contributed by atoms with Gasteiger partial charge in [0.2, 0.25) is 5.95 Å². The van der Waals surface area contributed by atoms with E-state index in [0.717, 1.165) is 0 Å². The molecule has 19 heavy (non-hydrogen) atoms. The SMILES string of the molecule is O=C(Nc1nnc2ccccn12)c1cccc(O)c1. The fourth-order valence-electron chi connectivity index (χ4n) is 1.75. The summed E-state index contributed by atoms with van der Waals surface area (Å²) in [6.45, 7) is 0. The molecule has 0 aliphatic carbocycles. The monoisotopic (exact) mass is 254 g/mol. The lowest BCUT2D eigenvalue weighted by atomic mass is 10.2. The maximum absolute atomic E-state index is 12.0. The number of anilines is 1. The van der Waals surface area contributed by atoms with Crippen molar-refractivity contribution in [3.63, 3.8) is 0 Å². The minimum atomic E-state index is -0.353. The Morgan fingerprint density at radius 2 is 2.05 bits per heavy atom. The number of amides is 1. The standard InChI is InChI=1S/C13H10N4O2/c18-10-5-3-4-9(8-10)12(19)14-13-16-15-11-6-1-2-7-17(11)13/h1-8,18H,(H,14,16,19). The third-order valence-electron chi connectivity index (χ3n) is 2.65. The summed E-state index contributed by atoms with van der Waals surface area (Å²) in [5.74, 6) is 0.0248. The number of hydrogen-bond donors (Lipinski definition) is 2. The van der Waals surface area contributed by atoms with Crippen molar-refractivity contribution in [3.8, 4) is 5.75 Å². The molecule has 6 nitrogen and oxygen atoms in total. The highest BCUT2D eigenvalue weighted by Gasteiger charge is 2.11. The van der Waals surface area contributed by atoms with E-state index < -0.39 is 0 Å². The Hall–Kier alpha value is -2.89. The van der Waals surface area contributed by atoms with Gasteiger partial charge in [-0.3, -0.25) is 14.5 Å². The predicted molar refractivity (Wildman–Crippen MR) is 69.0 cm³/mol. The first-order valence-electron chi connectivity index (χ1n) is 5.64. The smallest absolute Gasteiger partial charge is 0.258 e. The Morgan fingerprint density at radius 3 is 2.89 bits per heavy atom. The Morgan fingerprint density at radius 1 is 1.16 bits per heavy atom. The second kappa shape index (κ2) is 4.41. The lowest BCUT2D eigenvalue weighted by Gasteiger charge is -2.03. The minimum Gasteiger partial charge on any atom is -0.508 e. The molecule has 0 spiro atoms. The molecule has 0 atom stereocenters. The molecule has 0 aliphatic heterocycles. The number of carbonyl (C=O) groups is 1. The van der Waals surface area contributed by atoms with Gasteiger partial charge in [0.05, 0.1) is 0 Å². The van der Waals surface area contributed by atoms with Gasteiger partial charge in [-0.15, -0.1) is 10.2 Å². The zero-order valence-electron chi connectivity index (χ0n) is 9.82. The molecule has 2 heterocycles. The van der Waals surface area contributed by atoms with Gasteiger partial charge in [0.1, 0.15) is 5.75 Å². The molecule has 2 aromatic heterocycles. The lowest BCUT2D eigenvalue weighted by Crippen LogP contribution is -2.14. The lowest BCUT2D eigenvalue weighted by molar-refractivity contribution is 0.102. The molecular formula is C13H10N4O2. The Balaban J connectivity index is 1.91. The van der Waals surface area contributed by atoms with Crippen LogP contribution in [0.5, 0.6) is 5.75 Å². The van der Waals surface area contributed by atoms with Crippen molar-refractivity contribution in [2.75, 3.05) is 5.32 Å². The molecule has 1 aromatic carbocycles. The van der Waals surface area contributed by atoms with Crippen LogP contribution in [0.15, 0.2) is 48.7 Å². The Kier molecular flexibility index (Phi) is 2.60. The number of rotatable bonds is 2. The number of pyridine rings is 1. The van der Waals surface area contributed by atoms with Gasteiger partial charge < -0.3 is 5.11 Å². The van der Waals surface area contributed by atoms with Gasteiger partial charge in [0.25, 0.3) is 5.91 Å². The average molecular weight is 254 g/mol. The highest BCUT2D eigenvalue weighted by Crippen LogP contribution is 2.13. The number of carbonyl (C=O) groups excluding carboxylic acids is 1. The van der Waals surface area contributed by atoms with Crippen molar-refractivity contribution in [2.24, 2.45) is 0 Å². The number of nitrogens with zero attached hydrogens (tertiary/aromatic N) is 3. The number of phenols is 1. The van der Waals surface area contributed by atoms with E-state index >= 15 is 0 Å². The van der Waals surface area contributed by atoms with Crippen molar-refractivity contribution < 1.29 is 9.90 Å². The van der Waals surface area contributed by atoms with Crippen LogP contribution in [0.25, 0.3) is 5.65 Å². The van der Waals surface area contributed by atoms with Crippen LogP contribution < -0.4 is 5.32 Å². The molecule has 0 fully saturated rings. The number of nitrogens with one attached hydrogen (secondary N) is 1. The summed E-state index contributed by atoms with van der Waals surface area (Å²) < 4.78 is 1.67. The highest BCUT2D eigenvalue weighted by molar-refractivity contribution is 6.03. The van der Waals surface area contributed by atoms with Crippen LogP contribution in [0.4, 0.5) is 5.95 Å². The maximum Gasteiger partial charge on any atom is 0.258 e. The first-order valence-corrected chi connectivity index (χ1v) is 5.64. The minimum absolute atomic E-state index is 0.0405. The number of benzene rings is 1. The van der Waals surface area contributed by atoms with E-state index in [4.69, 9.17) is 0 Å². The molecule has 6 heteroatoms. The van der Waals surface area contributed by atoms with E-state index in [1.54, 1.807) is 28.8 Å². The second-order valence-corrected chi connectivity index (χ2v) is 3.96. The third-order valence-corrected chi connectivity index (χ3v) is 2.65. The zero-order valence-corrected chi connectivity index (χ0v) is 9.82. The predicted octanol–water partition coefficient (Wildman–Crippen LogP) is 1.69. The number of aromatic hydroxyl groups is 1. The fourth-order valence-corrected chi connectivity index (χ4v) is 1.75. The van der Waals surface area contributed by atoms with Crippen LogP contribution in [0.2, 0.25) is 0 Å². The van der Waals surface area contributed by atoms with Crippen LogP contribution >= 0.6 is 0 Å². The van der Waals surface area contributed by atoms with E-state index in [1.165, 1.54) is 12.1 Å². The Bertz CT molecular complexity index is 751. The van der Waals surface area contributed by atoms with E-state index in [-0.39, 0.29) is 11.7 Å². The molecule has 3 rings (SSSR count). The van der Waals surface area contributed by atoms with Crippen molar-refractivity contribution in [2.45, 2.75) is 0 Å².